The Balaban J connectivity index is 1.37. The van der Waals surface area contributed by atoms with Crippen LogP contribution in [0.1, 0.15) is 41.7 Å². The number of nitrogens with one attached hydrogen (secondary N) is 1. The number of anilines is 1. The van der Waals surface area contributed by atoms with Crippen LogP contribution in [0.25, 0.3) is 0 Å². The summed E-state index contributed by atoms with van der Waals surface area (Å²) in [6.07, 6.45) is 4.00. The van der Waals surface area contributed by atoms with Gasteiger partial charge in [0.2, 0.25) is 0 Å². The molecule has 0 unspecified atom stereocenters. The molecular weight excluding hydrogens is 325 g/mol. The van der Waals surface area contributed by atoms with E-state index in [9.17, 15) is 4.39 Å². The van der Waals surface area contributed by atoms with Crippen LogP contribution in [0.4, 0.5) is 10.2 Å². The summed E-state index contributed by atoms with van der Waals surface area (Å²) < 4.78 is 13.9. The van der Waals surface area contributed by atoms with Gasteiger partial charge >= 0.3 is 0 Å². The van der Waals surface area contributed by atoms with E-state index >= 15 is 0 Å². The lowest BCUT2D eigenvalue weighted by molar-refractivity contribution is 0.239. The number of nitrogens with zero attached hydrogens (tertiary/aromatic N) is 4. The Morgan fingerprint density at radius 3 is 3.00 bits per heavy atom. The van der Waals surface area contributed by atoms with Crippen molar-refractivity contribution in [2.75, 3.05) is 18.4 Å². The molecule has 0 bridgehead atoms. The van der Waals surface area contributed by atoms with E-state index in [1.807, 2.05) is 19.2 Å². The number of likely N-dealkylation sites (tertiary alicyclic amines) is 1. The van der Waals surface area contributed by atoms with Crippen molar-refractivity contribution in [1.82, 2.24) is 19.9 Å². The van der Waals surface area contributed by atoms with Gasteiger partial charge in [-0.25, -0.2) is 19.3 Å². The van der Waals surface area contributed by atoms with Crippen LogP contribution in [0.3, 0.4) is 0 Å². The van der Waals surface area contributed by atoms with Crippen molar-refractivity contribution in [2.24, 2.45) is 0 Å². The number of thiazole rings is 1. The highest BCUT2D eigenvalue weighted by molar-refractivity contribution is 7.09. The number of alkyl halides is 1. The van der Waals surface area contributed by atoms with Gasteiger partial charge in [-0.3, -0.25) is 4.90 Å². The zero-order valence-electron chi connectivity index (χ0n) is 13.8. The number of hydrogen-bond acceptors (Lipinski definition) is 6. The van der Waals surface area contributed by atoms with Gasteiger partial charge in [-0.05, 0) is 32.3 Å². The number of aromatic nitrogens is 3. The molecule has 0 aromatic carbocycles. The third-order valence-electron chi connectivity index (χ3n) is 4.64. The van der Waals surface area contributed by atoms with Crippen LogP contribution in [0.5, 0.6) is 0 Å². The fourth-order valence-electron chi connectivity index (χ4n) is 3.25. The maximum atomic E-state index is 13.9. The molecule has 0 amide bonds. The molecule has 2 aromatic heterocycles. The molecule has 1 N–H and O–H groups in total. The van der Waals surface area contributed by atoms with Crippen molar-refractivity contribution in [3.8, 4) is 0 Å². The van der Waals surface area contributed by atoms with Crippen molar-refractivity contribution in [3.05, 3.63) is 34.2 Å². The molecule has 0 spiro atoms. The normalized spacial score (nSPS) is 24.4. The summed E-state index contributed by atoms with van der Waals surface area (Å²) in [5.41, 5.74) is 1.04. The second-order valence-corrected chi connectivity index (χ2v) is 7.79. The summed E-state index contributed by atoms with van der Waals surface area (Å²) in [5, 5.41) is 6.50. The van der Waals surface area contributed by atoms with Gasteiger partial charge in [0, 0.05) is 43.2 Å². The predicted octanol–water partition coefficient (Wildman–Crippen LogP) is 3.14. The highest BCUT2D eigenvalue weighted by Gasteiger charge is 2.32. The van der Waals surface area contributed by atoms with Crippen LogP contribution in [0.15, 0.2) is 17.6 Å². The molecule has 1 saturated carbocycles. The Morgan fingerprint density at radius 2 is 2.25 bits per heavy atom. The Hall–Kier alpha value is -1.60. The summed E-state index contributed by atoms with van der Waals surface area (Å²) in [7, 11) is 0. The van der Waals surface area contributed by atoms with E-state index < -0.39 is 6.17 Å². The van der Waals surface area contributed by atoms with Crippen LogP contribution in [-0.4, -0.2) is 45.2 Å². The lowest BCUT2D eigenvalue weighted by atomic mass is 10.2. The number of aryl methyl sites for hydroxylation is 1. The molecule has 2 fully saturated rings. The number of halogens is 1. The highest BCUT2D eigenvalue weighted by Crippen LogP contribution is 2.38. The molecule has 3 heterocycles. The fraction of sp³-hybridized carbons (Fsp3) is 0.588. The molecule has 2 atom stereocenters. The standard InChI is InChI=1S/C17H22FN5S/c1-11-21-14(10-24-11)9-23-8-13(18)6-15(23)7-20-16-4-5-19-17(22-16)12-2-3-12/h4-5,10,12-13,15H,2-3,6-9H2,1H3,(H,19,20,22)/t13-,15-/m0/s1. The maximum Gasteiger partial charge on any atom is 0.133 e. The van der Waals surface area contributed by atoms with Crippen molar-refractivity contribution in [1.29, 1.82) is 0 Å². The molecule has 1 aliphatic carbocycles. The number of rotatable bonds is 6. The first kappa shape index (κ1) is 15.9. The van der Waals surface area contributed by atoms with Gasteiger partial charge in [0.25, 0.3) is 0 Å². The van der Waals surface area contributed by atoms with Crippen LogP contribution in [-0.2, 0) is 6.54 Å². The minimum absolute atomic E-state index is 0.168. The molecule has 24 heavy (non-hydrogen) atoms. The van der Waals surface area contributed by atoms with Crippen molar-refractivity contribution < 1.29 is 4.39 Å². The van der Waals surface area contributed by atoms with Gasteiger partial charge in [0.1, 0.15) is 17.8 Å². The predicted molar refractivity (Wildman–Crippen MR) is 93.1 cm³/mol. The molecule has 128 valence electrons. The van der Waals surface area contributed by atoms with E-state index in [-0.39, 0.29) is 6.04 Å². The highest BCUT2D eigenvalue weighted by atomic mass is 32.1. The minimum atomic E-state index is -0.760. The zero-order chi connectivity index (χ0) is 16.5. The molecule has 2 aromatic rings. The van der Waals surface area contributed by atoms with E-state index in [2.05, 4.69) is 30.5 Å². The minimum Gasteiger partial charge on any atom is -0.368 e. The third-order valence-corrected chi connectivity index (χ3v) is 5.47. The number of hydrogen-bond donors (Lipinski definition) is 1. The molecule has 4 rings (SSSR count). The largest absolute Gasteiger partial charge is 0.368 e. The van der Waals surface area contributed by atoms with Gasteiger partial charge < -0.3 is 5.32 Å². The zero-order valence-corrected chi connectivity index (χ0v) is 14.6. The molecule has 1 aliphatic heterocycles. The molecule has 1 saturated heterocycles. The van der Waals surface area contributed by atoms with Gasteiger partial charge in [-0.15, -0.1) is 11.3 Å². The smallest absolute Gasteiger partial charge is 0.133 e. The first-order chi connectivity index (χ1) is 11.7. The molecule has 5 nitrogen and oxygen atoms in total. The second kappa shape index (κ2) is 6.72. The van der Waals surface area contributed by atoms with Gasteiger partial charge in [0.05, 0.1) is 10.7 Å². The SMILES string of the molecule is Cc1nc(CN2C[C@@H](F)C[C@H]2CNc2ccnc(C3CC3)n2)cs1. The van der Waals surface area contributed by atoms with Crippen molar-refractivity contribution >= 4 is 17.2 Å². The topological polar surface area (TPSA) is 53.9 Å². The van der Waals surface area contributed by atoms with Gasteiger partial charge in [0.15, 0.2) is 0 Å². The first-order valence-electron chi connectivity index (χ1n) is 8.53. The van der Waals surface area contributed by atoms with E-state index in [0.717, 1.165) is 22.3 Å². The maximum absolute atomic E-state index is 13.9. The van der Waals surface area contributed by atoms with Gasteiger partial charge in [-0.1, -0.05) is 0 Å². The Morgan fingerprint density at radius 1 is 1.38 bits per heavy atom. The van der Waals surface area contributed by atoms with Crippen LogP contribution < -0.4 is 5.32 Å². The summed E-state index contributed by atoms with van der Waals surface area (Å²) in [6.45, 7) is 3.90. The Labute approximate surface area is 145 Å². The second-order valence-electron chi connectivity index (χ2n) is 6.73. The molecule has 2 aliphatic rings. The van der Waals surface area contributed by atoms with Gasteiger partial charge in [-0.2, -0.15) is 0 Å². The quantitative estimate of drug-likeness (QED) is 0.870. The first-order valence-corrected chi connectivity index (χ1v) is 9.41. The van der Waals surface area contributed by atoms with Crippen LogP contribution >= 0.6 is 11.3 Å². The van der Waals surface area contributed by atoms with Crippen LogP contribution in [0.2, 0.25) is 0 Å². The summed E-state index contributed by atoms with van der Waals surface area (Å²) >= 11 is 1.65. The van der Waals surface area contributed by atoms with E-state index in [1.165, 1.54) is 12.8 Å². The van der Waals surface area contributed by atoms with E-state index in [0.29, 0.717) is 32.0 Å². The molecular formula is C17H22FN5S. The fourth-order valence-corrected chi connectivity index (χ4v) is 3.85. The average Bonchev–Trinajstić information content (AvgIpc) is 3.26. The monoisotopic (exact) mass is 347 g/mol. The third kappa shape index (κ3) is 3.72. The Bertz CT molecular complexity index is 702. The molecule has 7 heteroatoms. The Kier molecular flexibility index (Phi) is 4.45. The average molecular weight is 347 g/mol. The lowest BCUT2D eigenvalue weighted by Crippen LogP contribution is -2.34. The van der Waals surface area contributed by atoms with E-state index in [1.54, 1.807) is 11.3 Å². The van der Waals surface area contributed by atoms with Crippen LogP contribution in [0, 0.1) is 6.92 Å². The van der Waals surface area contributed by atoms with Crippen molar-refractivity contribution in [2.45, 2.75) is 50.9 Å². The van der Waals surface area contributed by atoms with E-state index in [4.69, 9.17) is 0 Å². The van der Waals surface area contributed by atoms with Crippen molar-refractivity contribution in [3.63, 3.8) is 0 Å². The molecule has 0 radical (unpaired) electrons. The summed E-state index contributed by atoms with van der Waals surface area (Å²) in [4.78, 5) is 15.6. The lowest BCUT2D eigenvalue weighted by Gasteiger charge is -2.23. The summed E-state index contributed by atoms with van der Waals surface area (Å²) in [5.74, 6) is 2.32. The summed E-state index contributed by atoms with van der Waals surface area (Å²) in [6, 6.07) is 2.06.